The highest BCUT2D eigenvalue weighted by Gasteiger charge is 2.19. The van der Waals surface area contributed by atoms with E-state index in [1.807, 2.05) is 24.3 Å². The molecule has 152 valence electrons. The summed E-state index contributed by atoms with van der Waals surface area (Å²) < 4.78 is 0. The summed E-state index contributed by atoms with van der Waals surface area (Å²) in [6.45, 7) is 7.43. The van der Waals surface area contributed by atoms with Crippen LogP contribution in [0.15, 0.2) is 54.6 Å². The summed E-state index contributed by atoms with van der Waals surface area (Å²) in [5, 5.41) is 2.39. The zero-order valence-electron chi connectivity index (χ0n) is 16.7. The topological polar surface area (TPSA) is 62.5 Å². The van der Waals surface area contributed by atoms with Crippen LogP contribution < -0.4 is 10.6 Å². The summed E-state index contributed by atoms with van der Waals surface area (Å²) >= 11 is 0. The third kappa shape index (κ3) is 4.69. The maximum absolute atomic E-state index is 11.1. The fourth-order valence-corrected chi connectivity index (χ4v) is 3.84. The monoisotopic (exact) mass is 410 g/mol. The molecule has 1 saturated heterocycles. The fraction of sp³-hybridized carbons (Fsp3) is 0.304. The number of nitrogens with zero attached hydrogens (tertiary/aromatic N) is 3. The van der Waals surface area contributed by atoms with Crippen LogP contribution in [0.4, 0.5) is 5.82 Å². The summed E-state index contributed by atoms with van der Waals surface area (Å²) in [5.74, 6) is 0.746. The zero-order chi connectivity index (χ0) is 19.5. The molecule has 0 radical (unpaired) electrons. The lowest BCUT2D eigenvalue weighted by Crippen LogP contribution is -2.46. The molecule has 0 atom stereocenters. The zero-order valence-corrected chi connectivity index (χ0v) is 17.5. The van der Waals surface area contributed by atoms with Gasteiger partial charge < -0.3 is 15.5 Å². The minimum Gasteiger partial charge on any atom is -0.369 e. The minimum absolute atomic E-state index is 0. The van der Waals surface area contributed by atoms with E-state index in [4.69, 9.17) is 10.7 Å². The van der Waals surface area contributed by atoms with Crippen molar-refractivity contribution in [1.82, 2.24) is 9.88 Å². The van der Waals surface area contributed by atoms with Crippen LogP contribution in [0.25, 0.3) is 22.0 Å². The van der Waals surface area contributed by atoms with E-state index in [9.17, 15) is 4.79 Å². The van der Waals surface area contributed by atoms with E-state index in [-0.39, 0.29) is 24.7 Å². The molecule has 0 aliphatic carbocycles. The normalized spacial score (nSPS) is 14.6. The van der Waals surface area contributed by atoms with Gasteiger partial charge in [0.25, 0.3) is 0 Å². The molecule has 0 bridgehead atoms. The average Bonchev–Trinajstić information content (AvgIpc) is 2.73. The van der Waals surface area contributed by atoms with E-state index in [1.54, 1.807) is 0 Å². The first-order chi connectivity index (χ1) is 13.6. The summed E-state index contributed by atoms with van der Waals surface area (Å²) in [6, 6.07) is 18.5. The van der Waals surface area contributed by atoms with Gasteiger partial charge in [0.15, 0.2) is 0 Å². The number of benzene rings is 2. The van der Waals surface area contributed by atoms with E-state index < -0.39 is 0 Å². The number of fused-ring (bicyclic) bond motifs is 1. The van der Waals surface area contributed by atoms with Crippen LogP contribution in [0.1, 0.15) is 12.5 Å². The predicted molar refractivity (Wildman–Crippen MR) is 122 cm³/mol. The maximum Gasteiger partial charge on any atom is 0.221 e. The number of anilines is 1. The first kappa shape index (κ1) is 21.1. The van der Waals surface area contributed by atoms with Gasteiger partial charge in [0.05, 0.1) is 12.1 Å². The van der Waals surface area contributed by atoms with Gasteiger partial charge in [-0.15, -0.1) is 12.4 Å². The molecule has 0 spiro atoms. The molecule has 2 aromatic carbocycles. The van der Waals surface area contributed by atoms with Crippen molar-refractivity contribution >= 4 is 34.9 Å². The Balaban J connectivity index is 0.00000240. The highest BCUT2D eigenvalue weighted by atomic mass is 35.5. The lowest BCUT2D eigenvalue weighted by Gasteiger charge is -2.35. The van der Waals surface area contributed by atoms with Crippen molar-refractivity contribution in [1.29, 1.82) is 0 Å². The van der Waals surface area contributed by atoms with Crippen LogP contribution in [0.3, 0.4) is 0 Å². The van der Waals surface area contributed by atoms with Crippen LogP contribution in [0.5, 0.6) is 0 Å². The molecule has 0 saturated carbocycles. The van der Waals surface area contributed by atoms with Crippen molar-refractivity contribution in [2.75, 3.05) is 37.6 Å². The number of carbonyl (C=O) groups is 1. The fourth-order valence-electron chi connectivity index (χ4n) is 3.84. The highest BCUT2D eigenvalue weighted by molar-refractivity contribution is 5.95. The largest absolute Gasteiger partial charge is 0.369 e. The third-order valence-electron chi connectivity index (χ3n) is 5.47. The molecule has 1 aromatic heterocycles. The van der Waals surface area contributed by atoms with Crippen molar-refractivity contribution in [2.45, 2.75) is 13.3 Å². The van der Waals surface area contributed by atoms with Crippen LogP contribution in [0, 0.1) is 0 Å². The van der Waals surface area contributed by atoms with Crippen molar-refractivity contribution in [2.24, 2.45) is 5.73 Å². The van der Waals surface area contributed by atoms with Gasteiger partial charge in [-0.2, -0.15) is 0 Å². The molecule has 1 amide bonds. The number of likely N-dealkylation sites (N-methyl/N-ethyl adjacent to an activating group) is 1. The number of carbonyl (C=O) groups excluding carboxylic acids is 1. The quantitative estimate of drug-likeness (QED) is 0.699. The molecule has 4 rings (SSSR count). The van der Waals surface area contributed by atoms with Gasteiger partial charge in [0.1, 0.15) is 5.82 Å². The van der Waals surface area contributed by atoms with Crippen molar-refractivity contribution in [3.63, 3.8) is 0 Å². The van der Waals surface area contributed by atoms with Gasteiger partial charge >= 0.3 is 0 Å². The lowest BCUT2D eigenvalue weighted by molar-refractivity contribution is -0.117. The average molecular weight is 411 g/mol. The number of rotatable bonds is 5. The van der Waals surface area contributed by atoms with E-state index in [0.717, 1.165) is 55.4 Å². The van der Waals surface area contributed by atoms with E-state index in [1.165, 1.54) is 10.8 Å². The smallest absolute Gasteiger partial charge is 0.221 e. The van der Waals surface area contributed by atoms with Crippen molar-refractivity contribution in [3.8, 4) is 11.3 Å². The van der Waals surface area contributed by atoms with Crippen molar-refractivity contribution < 1.29 is 4.79 Å². The predicted octanol–water partition coefficient (Wildman–Crippen LogP) is 3.49. The maximum atomic E-state index is 11.1. The van der Waals surface area contributed by atoms with Gasteiger partial charge in [0, 0.05) is 37.1 Å². The second kappa shape index (κ2) is 9.25. The molecule has 1 fully saturated rings. The number of primary amides is 1. The van der Waals surface area contributed by atoms with Crippen LogP contribution in [-0.2, 0) is 11.2 Å². The molecular weight excluding hydrogens is 384 g/mol. The Bertz CT molecular complexity index is 982. The van der Waals surface area contributed by atoms with Gasteiger partial charge in [-0.25, -0.2) is 4.98 Å². The molecule has 5 nitrogen and oxygen atoms in total. The Morgan fingerprint density at radius 1 is 1.03 bits per heavy atom. The number of hydrogen-bond acceptors (Lipinski definition) is 4. The molecule has 2 heterocycles. The minimum atomic E-state index is -0.315. The number of hydrogen-bond donors (Lipinski definition) is 1. The second-order valence-electron chi connectivity index (χ2n) is 7.31. The standard InChI is InChI=1S/C23H26N4O.ClH/c1-2-26-11-13-27(14-12-26)23-20-6-4-3-5-19(20)16-21(25-23)18-9-7-17(8-10-18)15-22(24)28;/h3-10,16H,2,11-15H2,1H3,(H2,24,28);1H. The first-order valence-corrected chi connectivity index (χ1v) is 9.89. The van der Waals surface area contributed by atoms with E-state index >= 15 is 0 Å². The van der Waals surface area contributed by atoms with Crippen LogP contribution in [0.2, 0.25) is 0 Å². The van der Waals surface area contributed by atoms with Gasteiger partial charge in [-0.3, -0.25) is 4.79 Å². The van der Waals surface area contributed by atoms with Crippen molar-refractivity contribution in [3.05, 3.63) is 60.2 Å². The molecule has 3 aromatic rings. The summed E-state index contributed by atoms with van der Waals surface area (Å²) in [7, 11) is 0. The molecule has 29 heavy (non-hydrogen) atoms. The molecule has 2 N–H and O–H groups in total. The van der Waals surface area contributed by atoms with Crippen LogP contribution in [-0.4, -0.2) is 48.5 Å². The van der Waals surface area contributed by atoms with Crippen LogP contribution >= 0.6 is 12.4 Å². The number of halogens is 1. The number of aromatic nitrogens is 1. The third-order valence-corrected chi connectivity index (χ3v) is 5.47. The number of nitrogens with two attached hydrogens (primary N) is 1. The summed E-state index contributed by atoms with van der Waals surface area (Å²) in [4.78, 5) is 21.1. The highest BCUT2D eigenvalue weighted by Crippen LogP contribution is 2.30. The molecular formula is C23H27ClN4O. The molecule has 1 aliphatic rings. The van der Waals surface area contributed by atoms with Gasteiger partial charge in [-0.05, 0) is 23.6 Å². The number of amides is 1. The van der Waals surface area contributed by atoms with E-state index in [0.29, 0.717) is 0 Å². The first-order valence-electron chi connectivity index (χ1n) is 9.89. The number of piperazine rings is 1. The molecule has 1 aliphatic heterocycles. The van der Waals surface area contributed by atoms with Gasteiger partial charge in [-0.1, -0.05) is 55.5 Å². The Hall–Kier alpha value is -2.63. The summed E-state index contributed by atoms with van der Waals surface area (Å²) in [6.07, 6.45) is 0.262. The molecule has 0 unspecified atom stereocenters. The Morgan fingerprint density at radius 2 is 1.72 bits per heavy atom. The Morgan fingerprint density at radius 3 is 2.38 bits per heavy atom. The van der Waals surface area contributed by atoms with Gasteiger partial charge in [0.2, 0.25) is 5.91 Å². The Kier molecular flexibility index (Phi) is 6.72. The molecule has 6 heteroatoms. The second-order valence-corrected chi connectivity index (χ2v) is 7.31. The summed E-state index contributed by atoms with van der Waals surface area (Å²) in [5.41, 5.74) is 8.23. The number of pyridine rings is 1. The SMILES string of the molecule is CCN1CCN(c2nc(-c3ccc(CC(N)=O)cc3)cc3ccccc23)CC1.Cl. The van der Waals surface area contributed by atoms with E-state index in [2.05, 4.69) is 47.1 Å². The lowest BCUT2D eigenvalue weighted by atomic mass is 10.0. The Labute approximate surface area is 177 Å².